The lowest BCUT2D eigenvalue weighted by molar-refractivity contribution is -0.122. The van der Waals surface area contributed by atoms with Gasteiger partial charge in [0.1, 0.15) is 0 Å². The minimum atomic E-state index is 0.0859. The molecular formula is C19H29NO2. The fourth-order valence-electron chi connectivity index (χ4n) is 6.74. The van der Waals surface area contributed by atoms with E-state index in [0.717, 1.165) is 18.3 Å². The highest BCUT2D eigenvalue weighted by Crippen LogP contribution is 2.64. The van der Waals surface area contributed by atoms with Crippen molar-refractivity contribution in [2.24, 2.45) is 34.5 Å². The molecule has 0 bridgehead atoms. The summed E-state index contributed by atoms with van der Waals surface area (Å²) in [4.78, 5) is 11.7. The van der Waals surface area contributed by atoms with Gasteiger partial charge in [0.2, 0.25) is 5.91 Å². The number of aliphatic hydroxyl groups is 1. The number of amides is 1. The van der Waals surface area contributed by atoms with Gasteiger partial charge in [-0.05, 0) is 73.7 Å². The van der Waals surface area contributed by atoms with E-state index in [1.54, 1.807) is 6.08 Å². The van der Waals surface area contributed by atoms with E-state index in [1.807, 2.05) is 0 Å². The molecule has 7 atom stereocenters. The van der Waals surface area contributed by atoms with Crippen molar-refractivity contribution in [1.29, 1.82) is 0 Å². The third kappa shape index (κ3) is 1.81. The maximum Gasteiger partial charge on any atom is 0.243 e. The van der Waals surface area contributed by atoms with Crippen molar-refractivity contribution in [1.82, 2.24) is 5.32 Å². The van der Waals surface area contributed by atoms with Crippen LogP contribution in [0.4, 0.5) is 0 Å². The molecule has 0 saturated heterocycles. The van der Waals surface area contributed by atoms with Crippen molar-refractivity contribution < 1.29 is 9.90 Å². The second-order valence-corrected chi connectivity index (χ2v) is 8.72. The predicted octanol–water partition coefficient (Wildman–Crippen LogP) is 2.89. The van der Waals surface area contributed by atoms with E-state index >= 15 is 0 Å². The summed E-state index contributed by atoms with van der Waals surface area (Å²) in [5.74, 6) is 2.83. The monoisotopic (exact) mass is 303 g/mol. The van der Waals surface area contributed by atoms with Gasteiger partial charge in [-0.3, -0.25) is 4.79 Å². The minimum absolute atomic E-state index is 0.0859. The molecule has 3 fully saturated rings. The van der Waals surface area contributed by atoms with Gasteiger partial charge in [0.25, 0.3) is 0 Å². The van der Waals surface area contributed by atoms with Gasteiger partial charge in [0.05, 0.1) is 0 Å². The SMILES string of the molecule is C[C@]12C=CC(=O)NC1CC[C@@H]1[C@H]2CC[C@]2(C)C(CO)CC[C@@H]12. The van der Waals surface area contributed by atoms with E-state index in [2.05, 4.69) is 25.2 Å². The molecular weight excluding hydrogens is 274 g/mol. The van der Waals surface area contributed by atoms with Crippen LogP contribution in [-0.4, -0.2) is 23.7 Å². The van der Waals surface area contributed by atoms with Crippen molar-refractivity contribution >= 4 is 5.91 Å². The number of aliphatic hydroxyl groups excluding tert-OH is 1. The molecule has 22 heavy (non-hydrogen) atoms. The van der Waals surface area contributed by atoms with Gasteiger partial charge in [0.15, 0.2) is 0 Å². The van der Waals surface area contributed by atoms with Crippen LogP contribution in [0.3, 0.4) is 0 Å². The molecule has 3 saturated carbocycles. The summed E-state index contributed by atoms with van der Waals surface area (Å²) in [6, 6.07) is 0.325. The van der Waals surface area contributed by atoms with E-state index in [4.69, 9.17) is 0 Å². The summed E-state index contributed by atoms with van der Waals surface area (Å²) >= 11 is 0. The highest BCUT2D eigenvalue weighted by atomic mass is 16.3. The fourth-order valence-corrected chi connectivity index (χ4v) is 6.74. The largest absolute Gasteiger partial charge is 0.396 e. The first-order valence-electron chi connectivity index (χ1n) is 9.09. The summed E-state index contributed by atoms with van der Waals surface area (Å²) in [6.07, 6.45) is 11.3. The van der Waals surface area contributed by atoms with Crippen LogP contribution in [0, 0.1) is 34.5 Å². The summed E-state index contributed by atoms with van der Waals surface area (Å²) in [5, 5.41) is 13.0. The molecule has 0 aromatic rings. The lowest BCUT2D eigenvalue weighted by Gasteiger charge is -2.58. The Hall–Kier alpha value is -0.830. The Morgan fingerprint density at radius 1 is 1.18 bits per heavy atom. The van der Waals surface area contributed by atoms with Crippen LogP contribution in [-0.2, 0) is 4.79 Å². The molecule has 1 aliphatic heterocycles. The molecule has 3 heteroatoms. The molecule has 0 aromatic carbocycles. The molecule has 0 aromatic heterocycles. The third-order valence-electron chi connectivity index (χ3n) is 8.10. The van der Waals surface area contributed by atoms with Crippen LogP contribution in [0.25, 0.3) is 0 Å². The summed E-state index contributed by atoms with van der Waals surface area (Å²) in [7, 11) is 0. The van der Waals surface area contributed by atoms with Crippen LogP contribution in [0.2, 0.25) is 0 Å². The van der Waals surface area contributed by atoms with E-state index < -0.39 is 0 Å². The maximum absolute atomic E-state index is 11.7. The maximum atomic E-state index is 11.7. The van der Waals surface area contributed by atoms with Crippen LogP contribution in [0.5, 0.6) is 0 Å². The van der Waals surface area contributed by atoms with Gasteiger partial charge in [-0.2, -0.15) is 0 Å². The van der Waals surface area contributed by atoms with Gasteiger partial charge < -0.3 is 10.4 Å². The van der Waals surface area contributed by atoms with E-state index in [9.17, 15) is 9.90 Å². The van der Waals surface area contributed by atoms with Gasteiger partial charge in [-0.15, -0.1) is 0 Å². The van der Waals surface area contributed by atoms with Gasteiger partial charge >= 0.3 is 0 Å². The molecule has 4 rings (SSSR count). The van der Waals surface area contributed by atoms with Crippen molar-refractivity contribution in [2.45, 2.75) is 58.4 Å². The van der Waals surface area contributed by atoms with Crippen LogP contribution in [0.15, 0.2) is 12.2 Å². The number of hydrogen-bond acceptors (Lipinski definition) is 2. The highest BCUT2D eigenvalue weighted by Gasteiger charge is 2.59. The lowest BCUT2D eigenvalue weighted by Crippen LogP contribution is -2.59. The van der Waals surface area contributed by atoms with Crippen molar-refractivity contribution in [3.8, 4) is 0 Å². The summed E-state index contributed by atoms with van der Waals surface area (Å²) in [5.41, 5.74) is 0.482. The molecule has 3 aliphatic carbocycles. The Kier molecular flexibility index (Phi) is 3.24. The number of carbonyl (C=O) groups excluding carboxylic acids is 1. The first-order valence-corrected chi connectivity index (χ1v) is 9.09. The molecule has 4 aliphatic rings. The second-order valence-electron chi connectivity index (χ2n) is 8.72. The average Bonchev–Trinajstić information content (AvgIpc) is 2.84. The molecule has 122 valence electrons. The number of nitrogens with one attached hydrogen (secondary N) is 1. The Balaban J connectivity index is 1.66. The Morgan fingerprint density at radius 2 is 2.00 bits per heavy atom. The first kappa shape index (κ1) is 14.7. The summed E-state index contributed by atoms with van der Waals surface area (Å²) < 4.78 is 0. The Bertz CT molecular complexity index is 516. The number of carbonyl (C=O) groups is 1. The number of hydrogen-bond donors (Lipinski definition) is 2. The van der Waals surface area contributed by atoms with Gasteiger partial charge in [0, 0.05) is 18.1 Å². The van der Waals surface area contributed by atoms with Gasteiger partial charge in [-0.25, -0.2) is 0 Å². The molecule has 1 heterocycles. The number of fused-ring (bicyclic) bond motifs is 5. The zero-order chi connectivity index (χ0) is 15.5. The van der Waals surface area contributed by atoms with Crippen molar-refractivity contribution in [3.63, 3.8) is 0 Å². The molecule has 2 N–H and O–H groups in total. The number of rotatable bonds is 1. The standard InChI is InChI=1S/C19H29NO2/c1-18-9-7-15-13(14(18)5-3-12(18)11-21)4-6-16-19(15,2)10-8-17(22)20-16/h8,10,12-16,21H,3-7,9,11H2,1-2H3,(H,20,22)/t12?,13-,14-,15+,16?,18+,19+/m0/s1. The fraction of sp³-hybridized carbons (Fsp3) is 0.842. The molecule has 3 nitrogen and oxygen atoms in total. The van der Waals surface area contributed by atoms with E-state index in [0.29, 0.717) is 29.9 Å². The van der Waals surface area contributed by atoms with E-state index in [1.165, 1.54) is 32.1 Å². The van der Waals surface area contributed by atoms with Crippen LogP contribution >= 0.6 is 0 Å². The second kappa shape index (κ2) is 4.83. The smallest absolute Gasteiger partial charge is 0.243 e. The summed E-state index contributed by atoms with van der Waals surface area (Å²) in [6.45, 7) is 5.17. The Morgan fingerprint density at radius 3 is 2.77 bits per heavy atom. The topological polar surface area (TPSA) is 49.3 Å². The predicted molar refractivity (Wildman–Crippen MR) is 86.0 cm³/mol. The molecule has 2 unspecified atom stereocenters. The normalized spacial score (nSPS) is 53.4. The van der Waals surface area contributed by atoms with Crippen LogP contribution < -0.4 is 5.32 Å². The molecule has 0 radical (unpaired) electrons. The average molecular weight is 303 g/mol. The molecule has 1 amide bonds. The van der Waals surface area contributed by atoms with Crippen molar-refractivity contribution in [3.05, 3.63) is 12.2 Å². The zero-order valence-electron chi connectivity index (χ0n) is 13.8. The zero-order valence-corrected chi connectivity index (χ0v) is 13.8. The third-order valence-corrected chi connectivity index (χ3v) is 8.10. The molecule has 0 spiro atoms. The first-order chi connectivity index (χ1) is 10.5. The van der Waals surface area contributed by atoms with Gasteiger partial charge in [-0.1, -0.05) is 19.9 Å². The lowest BCUT2D eigenvalue weighted by atomic mass is 9.48. The van der Waals surface area contributed by atoms with E-state index in [-0.39, 0.29) is 11.3 Å². The Labute approximate surface area is 133 Å². The van der Waals surface area contributed by atoms with Crippen LogP contribution in [0.1, 0.15) is 52.4 Å². The minimum Gasteiger partial charge on any atom is -0.396 e. The quantitative estimate of drug-likeness (QED) is 0.782. The van der Waals surface area contributed by atoms with Crippen molar-refractivity contribution in [2.75, 3.05) is 6.61 Å². The highest BCUT2D eigenvalue weighted by molar-refractivity contribution is 5.89.